The molecule has 0 aliphatic rings. The summed E-state index contributed by atoms with van der Waals surface area (Å²) in [5.41, 5.74) is 1.37. The Morgan fingerprint density at radius 1 is 1.26 bits per heavy atom. The third-order valence-electron chi connectivity index (χ3n) is 2.76. The number of nitrogens with one attached hydrogen (secondary N) is 1. The van der Waals surface area contributed by atoms with Crippen molar-refractivity contribution in [3.8, 4) is 5.75 Å². The van der Waals surface area contributed by atoms with Crippen molar-refractivity contribution in [2.75, 3.05) is 7.05 Å². The molecule has 0 radical (unpaired) electrons. The summed E-state index contributed by atoms with van der Waals surface area (Å²) in [6, 6.07) is 8.24. The molecular weight excluding hydrogens is 252 g/mol. The first-order valence-corrected chi connectivity index (χ1v) is 5.82. The van der Waals surface area contributed by atoms with Gasteiger partial charge < -0.3 is 10.1 Å². The van der Waals surface area contributed by atoms with Crippen LogP contribution in [0.15, 0.2) is 36.5 Å². The van der Waals surface area contributed by atoms with Gasteiger partial charge in [-0.15, -0.1) is 0 Å². The van der Waals surface area contributed by atoms with E-state index >= 15 is 0 Å². The number of hydrogen-bond acceptors (Lipinski definition) is 3. The van der Waals surface area contributed by atoms with Crippen LogP contribution in [-0.2, 0) is 7.05 Å². The van der Waals surface area contributed by atoms with E-state index in [4.69, 9.17) is 0 Å². The Balaban J connectivity index is 2.38. The summed E-state index contributed by atoms with van der Waals surface area (Å²) < 4.78 is 31.0. The van der Waals surface area contributed by atoms with Crippen LogP contribution in [0.3, 0.4) is 0 Å². The second-order valence-corrected chi connectivity index (χ2v) is 4.05. The minimum atomic E-state index is -2.85. The normalized spacial score (nSPS) is 12.7. The molecule has 0 spiro atoms. The van der Waals surface area contributed by atoms with Gasteiger partial charge >= 0.3 is 6.61 Å². The molecule has 0 saturated carbocycles. The number of benzene rings is 1. The van der Waals surface area contributed by atoms with Gasteiger partial charge in [0.05, 0.1) is 11.7 Å². The van der Waals surface area contributed by atoms with Crippen LogP contribution in [0, 0.1) is 0 Å². The largest absolute Gasteiger partial charge is 0.434 e. The third kappa shape index (κ3) is 3.08. The van der Waals surface area contributed by atoms with E-state index in [0.717, 1.165) is 5.69 Å². The minimum Gasteiger partial charge on any atom is -0.434 e. The first-order chi connectivity index (χ1) is 9.11. The van der Waals surface area contributed by atoms with E-state index in [-0.39, 0.29) is 11.8 Å². The Hall–Kier alpha value is -1.95. The molecular formula is C13H15F2N3O. The van der Waals surface area contributed by atoms with Gasteiger partial charge in [0.2, 0.25) is 0 Å². The molecule has 0 aliphatic heterocycles. The van der Waals surface area contributed by atoms with Crippen molar-refractivity contribution in [2.24, 2.45) is 7.05 Å². The smallest absolute Gasteiger partial charge is 0.387 e. The van der Waals surface area contributed by atoms with Crippen LogP contribution in [0.1, 0.15) is 17.3 Å². The lowest BCUT2D eigenvalue weighted by molar-refractivity contribution is -0.0506. The minimum absolute atomic E-state index is 0.155. The summed E-state index contributed by atoms with van der Waals surface area (Å²) in [7, 11) is 3.55. The highest BCUT2D eigenvalue weighted by atomic mass is 19.3. The van der Waals surface area contributed by atoms with Gasteiger partial charge in [-0.2, -0.15) is 13.9 Å². The van der Waals surface area contributed by atoms with Crippen molar-refractivity contribution in [3.63, 3.8) is 0 Å². The maximum absolute atomic E-state index is 12.4. The van der Waals surface area contributed by atoms with Crippen LogP contribution in [0.4, 0.5) is 8.78 Å². The highest BCUT2D eigenvalue weighted by Crippen LogP contribution is 2.29. The predicted octanol–water partition coefficient (Wildman–Crippen LogP) is 2.33. The van der Waals surface area contributed by atoms with Gasteiger partial charge in [-0.3, -0.25) is 4.68 Å². The maximum Gasteiger partial charge on any atom is 0.387 e. The summed E-state index contributed by atoms with van der Waals surface area (Å²) in [5.74, 6) is 0.155. The quantitative estimate of drug-likeness (QED) is 0.903. The van der Waals surface area contributed by atoms with Crippen molar-refractivity contribution in [2.45, 2.75) is 12.7 Å². The van der Waals surface area contributed by atoms with Crippen molar-refractivity contribution in [3.05, 3.63) is 47.8 Å². The monoisotopic (exact) mass is 267 g/mol. The number of aryl methyl sites for hydroxylation is 1. The van der Waals surface area contributed by atoms with Gasteiger partial charge in [-0.05, 0) is 19.2 Å². The topological polar surface area (TPSA) is 39.1 Å². The lowest BCUT2D eigenvalue weighted by atomic mass is 10.0. The first-order valence-electron chi connectivity index (χ1n) is 5.82. The highest BCUT2D eigenvalue weighted by Gasteiger charge is 2.20. The second-order valence-electron chi connectivity index (χ2n) is 4.05. The molecule has 0 fully saturated rings. The number of para-hydroxylation sites is 1. The van der Waals surface area contributed by atoms with E-state index in [0.29, 0.717) is 5.56 Å². The van der Waals surface area contributed by atoms with Crippen molar-refractivity contribution >= 4 is 0 Å². The Bertz CT molecular complexity index is 542. The zero-order chi connectivity index (χ0) is 13.8. The molecule has 2 aromatic rings. The van der Waals surface area contributed by atoms with Gasteiger partial charge in [0.1, 0.15) is 5.75 Å². The van der Waals surface area contributed by atoms with E-state index in [1.54, 1.807) is 43.2 Å². The number of aromatic nitrogens is 2. The fraction of sp³-hybridized carbons (Fsp3) is 0.308. The van der Waals surface area contributed by atoms with Crippen LogP contribution < -0.4 is 10.1 Å². The van der Waals surface area contributed by atoms with Crippen LogP contribution in [-0.4, -0.2) is 23.4 Å². The zero-order valence-electron chi connectivity index (χ0n) is 10.7. The highest BCUT2D eigenvalue weighted by molar-refractivity contribution is 5.39. The van der Waals surface area contributed by atoms with Crippen LogP contribution in [0.5, 0.6) is 5.75 Å². The van der Waals surface area contributed by atoms with E-state index in [9.17, 15) is 8.78 Å². The number of rotatable bonds is 5. The Labute approximate surface area is 110 Å². The molecule has 1 aromatic carbocycles. The fourth-order valence-electron chi connectivity index (χ4n) is 1.97. The predicted molar refractivity (Wildman–Crippen MR) is 67.2 cm³/mol. The maximum atomic E-state index is 12.4. The third-order valence-corrected chi connectivity index (χ3v) is 2.76. The van der Waals surface area contributed by atoms with E-state index in [1.165, 1.54) is 6.07 Å². The van der Waals surface area contributed by atoms with Crippen molar-refractivity contribution in [1.29, 1.82) is 0 Å². The second kappa shape index (κ2) is 5.79. The molecule has 0 bridgehead atoms. The number of ether oxygens (including phenoxy) is 1. The lowest BCUT2D eigenvalue weighted by Gasteiger charge is -2.18. The molecule has 19 heavy (non-hydrogen) atoms. The van der Waals surface area contributed by atoms with Gasteiger partial charge in [0.25, 0.3) is 0 Å². The van der Waals surface area contributed by atoms with Gasteiger partial charge in [-0.25, -0.2) is 0 Å². The van der Waals surface area contributed by atoms with E-state index in [1.807, 2.05) is 6.07 Å². The van der Waals surface area contributed by atoms with Crippen molar-refractivity contribution < 1.29 is 13.5 Å². The van der Waals surface area contributed by atoms with Crippen LogP contribution >= 0.6 is 0 Å². The number of alkyl halides is 2. The van der Waals surface area contributed by atoms with Gasteiger partial charge in [0, 0.05) is 18.8 Å². The summed E-state index contributed by atoms with van der Waals surface area (Å²) in [5, 5.41) is 7.35. The SMILES string of the molecule is CNC(c1ccn(C)n1)c1ccccc1OC(F)F. The van der Waals surface area contributed by atoms with Gasteiger partial charge in [0.15, 0.2) is 0 Å². The molecule has 0 saturated heterocycles. The molecule has 0 aliphatic carbocycles. The van der Waals surface area contributed by atoms with Gasteiger partial charge in [-0.1, -0.05) is 18.2 Å². The molecule has 2 rings (SSSR count). The average molecular weight is 267 g/mol. The molecule has 1 unspecified atom stereocenters. The molecule has 102 valence electrons. The Morgan fingerprint density at radius 3 is 2.58 bits per heavy atom. The molecule has 1 aromatic heterocycles. The molecule has 1 heterocycles. The van der Waals surface area contributed by atoms with Crippen molar-refractivity contribution in [1.82, 2.24) is 15.1 Å². The standard InChI is InChI=1S/C13H15F2N3O/c1-16-12(10-7-8-18(2)17-10)9-5-3-4-6-11(9)19-13(14)15/h3-8,12-13,16H,1-2H3. The van der Waals surface area contributed by atoms with E-state index < -0.39 is 6.61 Å². The molecule has 4 nitrogen and oxygen atoms in total. The first kappa shape index (κ1) is 13.5. The molecule has 1 N–H and O–H groups in total. The number of nitrogens with zero attached hydrogens (tertiary/aromatic N) is 2. The summed E-state index contributed by atoms with van der Waals surface area (Å²) >= 11 is 0. The molecule has 1 atom stereocenters. The average Bonchev–Trinajstić information content (AvgIpc) is 2.78. The van der Waals surface area contributed by atoms with Crippen LogP contribution in [0.25, 0.3) is 0 Å². The van der Waals surface area contributed by atoms with Crippen LogP contribution in [0.2, 0.25) is 0 Å². The number of halogens is 2. The van der Waals surface area contributed by atoms with E-state index in [2.05, 4.69) is 15.2 Å². The Morgan fingerprint density at radius 2 is 2.00 bits per heavy atom. The Kier molecular flexibility index (Phi) is 4.11. The number of hydrogen-bond donors (Lipinski definition) is 1. The fourth-order valence-corrected chi connectivity index (χ4v) is 1.97. The summed E-state index contributed by atoms with van der Waals surface area (Å²) in [6.07, 6.45) is 1.80. The summed E-state index contributed by atoms with van der Waals surface area (Å²) in [4.78, 5) is 0. The summed E-state index contributed by atoms with van der Waals surface area (Å²) in [6.45, 7) is -2.85. The molecule has 6 heteroatoms. The lowest BCUT2D eigenvalue weighted by Crippen LogP contribution is -2.20. The zero-order valence-corrected chi connectivity index (χ0v) is 10.7. The molecule has 0 amide bonds.